The lowest BCUT2D eigenvalue weighted by molar-refractivity contribution is 0.0977. The monoisotopic (exact) mass is 527 g/mol. The summed E-state index contributed by atoms with van der Waals surface area (Å²) in [5.74, 6) is -0.935. The van der Waals surface area contributed by atoms with Gasteiger partial charge in [-0.15, -0.1) is 0 Å². The topological polar surface area (TPSA) is 96.5 Å². The number of methoxy groups -OCH3 is 1. The van der Waals surface area contributed by atoms with Crippen molar-refractivity contribution < 1.29 is 22.3 Å². The third kappa shape index (κ3) is 6.32. The van der Waals surface area contributed by atoms with Crippen LogP contribution in [-0.4, -0.2) is 26.5 Å². The second-order valence-electron chi connectivity index (χ2n) is 6.52. The molecule has 0 saturated carbocycles. The number of carbonyl (C=O) groups excluding carboxylic acids is 1. The SMILES string of the molecule is COc1ccc(NC(=S)NC(=O)c2cccc(F)c2)cc1NS(=O)(=O)c1ccc(Cl)c(Cl)c1. The van der Waals surface area contributed by atoms with Gasteiger partial charge >= 0.3 is 0 Å². The Morgan fingerprint density at radius 3 is 2.45 bits per heavy atom. The molecule has 3 rings (SSSR count). The van der Waals surface area contributed by atoms with E-state index in [4.69, 9.17) is 40.2 Å². The molecule has 0 spiro atoms. The minimum atomic E-state index is -4.03. The van der Waals surface area contributed by atoms with Gasteiger partial charge in [0.1, 0.15) is 11.6 Å². The summed E-state index contributed by atoms with van der Waals surface area (Å²) in [6, 6.07) is 13.5. The average Bonchev–Trinajstić information content (AvgIpc) is 2.75. The molecule has 0 fully saturated rings. The number of rotatable bonds is 6. The predicted octanol–water partition coefficient (Wildman–Crippen LogP) is 5.07. The Balaban J connectivity index is 1.78. The van der Waals surface area contributed by atoms with Crippen LogP contribution in [-0.2, 0) is 10.0 Å². The highest BCUT2D eigenvalue weighted by Gasteiger charge is 2.19. The van der Waals surface area contributed by atoms with Crippen LogP contribution in [0.25, 0.3) is 0 Å². The first-order chi connectivity index (χ1) is 15.6. The summed E-state index contributed by atoms with van der Waals surface area (Å²) < 4.78 is 46.5. The molecule has 0 aliphatic rings. The third-order valence-corrected chi connectivity index (χ3v) is 6.52. The zero-order chi connectivity index (χ0) is 24.2. The van der Waals surface area contributed by atoms with E-state index >= 15 is 0 Å². The van der Waals surface area contributed by atoms with E-state index in [-0.39, 0.29) is 37.1 Å². The number of nitrogens with one attached hydrogen (secondary N) is 3. The zero-order valence-electron chi connectivity index (χ0n) is 16.9. The van der Waals surface area contributed by atoms with E-state index in [0.717, 1.165) is 6.07 Å². The Labute approximate surface area is 204 Å². The lowest BCUT2D eigenvalue weighted by Crippen LogP contribution is -2.34. The molecule has 0 aliphatic carbocycles. The minimum Gasteiger partial charge on any atom is -0.495 e. The van der Waals surface area contributed by atoms with E-state index in [9.17, 15) is 17.6 Å². The fourth-order valence-corrected chi connectivity index (χ4v) is 4.34. The first-order valence-corrected chi connectivity index (χ1v) is 11.8. The molecule has 12 heteroatoms. The number of ether oxygens (including phenoxy) is 1. The van der Waals surface area contributed by atoms with Crippen LogP contribution in [0, 0.1) is 5.82 Å². The summed E-state index contributed by atoms with van der Waals surface area (Å²) in [6.07, 6.45) is 0. The van der Waals surface area contributed by atoms with E-state index < -0.39 is 21.7 Å². The van der Waals surface area contributed by atoms with Crippen molar-refractivity contribution in [2.24, 2.45) is 0 Å². The number of hydrogen-bond acceptors (Lipinski definition) is 5. The van der Waals surface area contributed by atoms with Gasteiger partial charge < -0.3 is 10.1 Å². The smallest absolute Gasteiger partial charge is 0.262 e. The molecule has 3 aromatic carbocycles. The van der Waals surface area contributed by atoms with Crippen molar-refractivity contribution in [1.29, 1.82) is 0 Å². The number of amides is 1. The van der Waals surface area contributed by atoms with E-state index in [2.05, 4.69) is 15.4 Å². The summed E-state index contributed by atoms with van der Waals surface area (Å²) in [5.41, 5.74) is 0.545. The molecule has 3 aromatic rings. The zero-order valence-corrected chi connectivity index (χ0v) is 20.0. The first-order valence-electron chi connectivity index (χ1n) is 9.13. The lowest BCUT2D eigenvalue weighted by atomic mass is 10.2. The Morgan fingerprint density at radius 1 is 1.03 bits per heavy atom. The van der Waals surface area contributed by atoms with Crippen molar-refractivity contribution in [3.05, 3.63) is 82.1 Å². The van der Waals surface area contributed by atoms with Crippen molar-refractivity contribution in [3.8, 4) is 5.75 Å². The Hall–Kier alpha value is -2.92. The number of benzene rings is 3. The molecular weight excluding hydrogens is 512 g/mol. The maximum atomic E-state index is 13.3. The fourth-order valence-electron chi connectivity index (χ4n) is 2.68. The number of anilines is 2. The fraction of sp³-hybridized carbons (Fsp3) is 0.0476. The summed E-state index contributed by atoms with van der Waals surface area (Å²) >= 11 is 16.9. The molecular formula is C21H16Cl2FN3O4S2. The molecule has 0 saturated heterocycles. The Kier molecular flexibility index (Phi) is 7.75. The summed E-state index contributed by atoms with van der Waals surface area (Å²) in [5, 5.41) is 5.42. The van der Waals surface area contributed by atoms with Gasteiger partial charge in [0.2, 0.25) is 0 Å². The van der Waals surface area contributed by atoms with E-state index in [1.807, 2.05) is 0 Å². The normalized spacial score (nSPS) is 10.9. The number of hydrogen-bond donors (Lipinski definition) is 3. The van der Waals surface area contributed by atoms with E-state index in [1.165, 1.54) is 55.6 Å². The summed E-state index contributed by atoms with van der Waals surface area (Å²) in [7, 11) is -2.65. The van der Waals surface area contributed by atoms with Gasteiger partial charge in [-0.3, -0.25) is 14.8 Å². The highest BCUT2D eigenvalue weighted by Crippen LogP contribution is 2.31. The van der Waals surface area contributed by atoms with Gasteiger partial charge in [0.05, 0.1) is 27.7 Å². The number of carbonyl (C=O) groups is 1. The van der Waals surface area contributed by atoms with Crippen LogP contribution in [0.5, 0.6) is 5.75 Å². The maximum Gasteiger partial charge on any atom is 0.262 e. The van der Waals surface area contributed by atoms with Crippen LogP contribution in [0.2, 0.25) is 10.0 Å². The van der Waals surface area contributed by atoms with Crippen LogP contribution in [0.15, 0.2) is 65.6 Å². The molecule has 172 valence electrons. The van der Waals surface area contributed by atoms with Gasteiger partial charge in [0, 0.05) is 11.3 Å². The maximum absolute atomic E-state index is 13.3. The second-order valence-corrected chi connectivity index (χ2v) is 9.42. The van der Waals surface area contributed by atoms with Crippen molar-refractivity contribution in [3.63, 3.8) is 0 Å². The van der Waals surface area contributed by atoms with Gasteiger partial charge in [0.25, 0.3) is 15.9 Å². The van der Waals surface area contributed by atoms with E-state index in [1.54, 1.807) is 6.07 Å². The van der Waals surface area contributed by atoms with E-state index in [0.29, 0.717) is 5.69 Å². The largest absolute Gasteiger partial charge is 0.495 e. The van der Waals surface area contributed by atoms with Crippen LogP contribution < -0.4 is 20.1 Å². The van der Waals surface area contributed by atoms with Crippen molar-refractivity contribution in [2.75, 3.05) is 17.1 Å². The summed E-state index contributed by atoms with van der Waals surface area (Å²) in [6.45, 7) is 0. The van der Waals surface area contributed by atoms with Crippen molar-refractivity contribution >= 4 is 67.8 Å². The van der Waals surface area contributed by atoms with Crippen LogP contribution in [0.3, 0.4) is 0 Å². The Morgan fingerprint density at radius 2 is 1.79 bits per heavy atom. The molecule has 33 heavy (non-hydrogen) atoms. The molecule has 1 amide bonds. The minimum absolute atomic E-state index is 0.0762. The van der Waals surface area contributed by atoms with Gasteiger partial charge in [-0.25, -0.2) is 12.8 Å². The van der Waals surface area contributed by atoms with Crippen LogP contribution >= 0.6 is 35.4 Å². The van der Waals surface area contributed by atoms with Crippen molar-refractivity contribution in [1.82, 2.24) is 5.32 Å². The molecule has 0 atom stereocenters. The van der Waals surface area contributed by atoms with Crippen LogP contribution in [0.4, 0.5) is 15.8 Å². The number of thiocarbonyl (C=S) groups is 1. The highest BCUT2D eigenvalue weighted by atomic mass is 35.5. The molecule has 7 nitrogen and oxygen atoms in total. The number of sulfonamides is 1. The lowest BCUT2D eigenvalue weighted by Gasteiger charge is -2.15. The molecule has 0 aromatic heterocycles. The van der Waals surface area contributed by atoms with Gasteiger partial charge in [-0.1, -0.05) is 29.3 Å². The molecule has 0 heterocycles. The summed E-state index contributed by atoms with van der Waals surface area (Å²) in [4.78, 5) is 12.1. The second kappa shape index (κ2) is 10.3. The van der Waals surface area contributed by atoms with Crippen molar-refractivity contribution in [2.45, 2.75) is 4.90 Å². The molecule has 3 N–H and O–H groups in total. The first kappa shape index (κ1) is 24.7. The van der Waals surface area contributed by atoms with Gasteiger partial charge in [0.15, 0.2) is 5.11 Å². The number of halogens is 3. The predicted molar refractivity (Wildman–Crippen MR) is 130 cm³/mol. The van der Waals surface area contributed by atoms with Crippen LogP contribution in [0.1, 0.15) is 10.4 Å². The molecule has 0 aliphatic heterocycles. The Bertz CT molecular complexity index is 1340. The van der Waals surface area contributed by atoms with Gasteiger partial charge in [-0.05, 0) is 66.8 Å². The average molecular weight is 528 g/mol. The molecule has 0 radical (unpaired) electrons. The standard InChI is InChI=1S/C21H16Cl2FN3O4S2/c1-31-19-8-5-14(25-21(32)26-20(28)12-3-2-4-13(24)9-12)10-18(19)27-33(29,30)15-6-7-16(22)17(23)11-15/h2-11,27H,1H3,(H2,25,26,28,32). The molecule has 0 unspecified atom stereocenters. The third-order valence-electron chi connectivity index (χ3n) is 4.22. The molecule has 0 bridgehead atoms. The quantitative estimate of drug-likeness (QED) is 0.387. The van der Waals surface area contributed by atoms with Gasteiger partial charge in [-0.2, -0.15) is 0 Å². The highest BCUT2D eigenvalue weighted by molar-refractivity contribution is 7.92.